The predicted molar refractivity (Wildman–Crippen MR) is 69.5 cm³/mol. The van der Waals surface area contributed by atoms with Gasteiger partial charge in [0.1, 0.15) is 0 Å². The molecule has 2 aromatic carbocycles. The first-order chi connectivity index (χ1) is 6.95. The molecular weight excluding hydrogens is 377 g/mol. The molecule has 0 saturated carbocycles. The van der Waals surface area contributed by atoms with Gasteiger partial charge in [-0.25, -0.2) is 0 Å². The average Bonchev–Trinajstić information content (AvgIpc) is 2.29. The monoisotopic (exact) mass is 386 g/mol. The van der Waals surface area contributed by atoms with Crippen LogP contribution in [0, 0.1) is 12.1 Å². The van der Waals surface area contributed by atoms with Gasteiger partial charge in [-0.2, -0.15) is 71.8 Å². The number of aryl methyl sites for hydroxylation is 2. The fraction of sp³-hybridized carbons (Fsp3) is 0.143. The molecule has 0 amide bonds. The number of halogens is 2. The van der Waals surface area contributed by atoms with Crippen molar-refractivity contribution in [1.82, 2.24) is 0 Å². The van der Waals surface area contributed by atoms with Crippen LogP contribution in [0.5, 0.6) is 0 Å². The molecule has 0 heterocycles. The third-order valence-corrected chi connectivity index (χ3v) is 2.21. The van der Waals surface area contributed by atoms with Crippen molar-refractivity contribution in [3.8, 4) is 0 Å². The topological polar surface area (TPSA) is 0 Å². The third-order valence-electron chi connectivity index (χ3n) is 2.21. The minimum atomic E-state index is 0. The summed E-state index contributed by atoms with van der Waals surface area (Å²) in [6.07, 6.45) is 2.09. The summed E-state index contributed by atoms with van der Waals surface area (Å²) >= 11 is 0. The zero-order chi connectivity index (χ0) is 9.64. The molecule has 0 atom stereocenters. The van der Waals surface area contributed by atoms with Gasteiger partial charge in [-0.3, -0.25) is 0 Å². The molecule has 0 saturated heterocycles. The number of rotatable bonds is 3. The fourth-order valence-corrected chi connectivity index (χ4v) is 1.44. The number of benzene rings is 2. The summed E-state index contributed by atoms with van der Waals surface area (Å²) in [7, 11) is 0. The molecule has 0 aliphatic heterocycles. The van der Waals surface area contributed by atoms with E-state index in [0.717, 1.165) is 12.8 Å². The van der Waals surface area contributed by atoms with Gasteiger partial charge >= 0.3 is 46.1 Å². The smallest absolute Gasteiger partial charge is 1.00 e. The molecule has 86 valence electrons. The minimum absolute atomic E-state index is 0. The molecule has 4 heteroatoms. The molecule has 0 spiro atoms. The van der Waals surface area contributed by atoms with Crippen molar-refractivity contribution in [3.05, 3.63) is 71.8 Å². The second-order valence-electron chi connectivity index (χ2n) is 3.28. The number of hydrogen-bond acceptors (Lipinski definition) is 0. The van der Waals surface area contributed by atoms with E-state index in [4.69, 9.17) is 0 Å². The van der Waals surface area contributed by atoms with E-state index in [1.54, 1.807) is 0 Å². The van der Waals surface area contributed by atoms with E-state index in [9.17, 15) is 0 Å². The van der Waals surface area contributed by atoms with Gasteiger partial charge in [0.15, 0.2) is 0 Å². The Kier molecular flexibility index (Phi) is 19.1. The van der Waals surface area contributed by atoms with Crippen molar-refractivity contribution in [2.24, 2.45) is 0 Å². The second-order valence-corrected chi connectivity index (χ2v) is 3.28. The van der Waals surface area contributed by atoms with Gasteiger partial charge in [0.25, 0.3) is 0 Å². The first-order valence-electron chi connectivity index (χ1n) is 4.86. The molecule has 2 rings (SSSR count). The summed E-state index contributed by atoms with van der Waals surface area (Å²) in [6, 6.07) is 22.7. The molecule has 0 N–H and O–H groups in total. The Balaban J connectivity index is -0.000000562. The Morgan fingerprint density at radius 1 is 0.667 bits per heavy atom. The van der Waals surface area contributed by atoms with E-state index >= 15 is 0 Å². The van der Waals surface area contributed by atoms with Crippen LogP contribution in [-0.2, 0) is 12.8 Å². The molecular formula is C14H12Br2Mg2. The van der Waals surface area contributed by atoms with Gasteiger partial charge in [0.2, 0.25) is 0 Å². The van der Waals surface area contributed by atoms with Crippen molar-refractivity contribution < 1.29 is 34.0 Å². The average molecular weight is 389 g/mol. The summed E-state index contributed by atoms with van der Waals surface area (Å²) in [5.41, 5.74) is 2.54. The van der Waals surface area contributed by atoms with E-state index in [1.165, 1.54) is 11.1 Å². The molecule has 0 nitrogen and oxygen atoms in total. The Bertz CT molecular complexity index is 340. The molecule has 0 aliphatic rings. The van der Waals surface area contributed by atoms with Gasteiger partial charge in [-0.15, -0.1) is 0 Å². The summed E-state index contributed by atoms with van der Waals surface area (Å²) in [6.45, 7) is 0. The molecule has 18 heavy (non-hydrogen) atoms. The predicted octanol–water partition coefficient (Wildman–Crippen LogP) is -3.68. The van der Waals surface area contributed by atoms with E-state index in [2.05, 4.69) is 36.4 Å². The first kappa shape index (κ1) is 24.0. The summed E-state index contributed by atoms with van der Waals surface area (Å²) in [5, 5.41) is 0. The van der Waals surface area contributed by atoms with Gasteiger partial charge in [-0.1, -0.05) is 0 Å². The fourth-order valence-electron chi connectivity index (χ4n) is 1.44. The molecule has 0 aliphatic carbocycles. The van der Waals surface area contributed by atoms with Gasteiger partial charge in [-0.05, 0) is 12.8 Å². The van der Waals surface area contributed by atoms with E-state index in [-0.39, 0.29) is 80.1 Å². The van der Waals surface area contributed by atoms with Crippen LogP contribution in [0.3, 0.4) is 0 Å². The minimum Gasteiger partial charge on any atom is -1.00 e. The maximum Gasteiger partial charge on any atom is 2.00 e. The summed E-state index contributed by atoms with van der Waals surface area (Å²) in [5.74, 6) is 0. The molecule has 0 bridgehead atoms. The van der Waals surface area contributed by atoms with E-state index < -0.39 is 0 Å². The van der Waals surface area contributed by atoms with Crippen LogP contribution in [0.2, 0.25) is 0 Å². The van der Waals surface area contributed by atoms with Crippen LogP contribution in [0.1, 0.15) is 11.1 Å². The zero-order valence-electron chi connectivity index (χ0n) is 10.2. The molecule has 2 aromatic rings. The van der Waals surface area contributed by atoms with E-state index in [1.807, 2.05) is 24.3 Å². The van der Waals surface area contributed by atoms with Crippen LogP contribution < -0.4 is 34.0 Å². The standard InChI is InChI=1S/C14H12.2BrH.2Mg/c1-3-7-13(8-4-1)11-12-14-9-5-2-6-10-14;;;;/h1-7,9H,11-12H2;2*1H;;/q-2;;;2*+2/p-2. The molecule has 0 unspecified atom stereocenters. The second kappa shape index (κ2) is 14.3. The van der Waals surface area contributed by atoms with Crippen LogP contribution >= 0.6 is 0 Å². The normalized spacial score (nSPS) is 7.78. The van der Waals surface area contributed by atoms with Crippen molar-refractivity contribution in [1.29, 1.82) is 0 Å². The van der Waals surface area contributed by atoms with Crippen molar-refractivity contribution in [2.45, 2.75) is 12.8 Å². The Morgan fingerprint density at radius 3 is 1.33 bits per heavy atom. The quantitative estimate of drug-likeness (QED) is 0.375. The summed E-state index contributed by atoms with van der Waals surface area (Å²) < 4.78 is 0. The van der Waals surface area contributed by atoms with Crippen LogP contribution in [0.25, 0.3) is 0 Å². The van der Waals surface area contributed by atoms with Crippen LogP contribution in [0.15, 0.2) is 48.5 Å². The maximum absolute atomic E-state index is 3.22. The van der Waals surface area contributed by atoms with Crippen LogP contribution in [-0.4, -0.2) is 46.1 Å². The Labute approximate surface area is 163 Å². The summed E-state index contributed by atoms with van der Waals surface area (Å²) in [4.78, 5) is 0. The van der Waals surface area contributed by atoms with Gasteiger partial charge in [0, 0.05) is 0 Å². The SMILES string of the molecule is [Br-].[Br-].[Mg+2].[Mg+2].[c-]1ccccc1CCc1[c-]cccc1. The largest absolute Gasteiger partial charge is 2.00 e. The zero-order valence-corrected chi connectivity index (χ0v) is 16.2. The molecule has 0 aromatic heterocycles. The van der Waals surface area contributed by atoms with Crippen molar-refractivity contribution >= 4 is 46.1 Å². The maximum atomic E-state index is 3.22. The van der Waals surface area contributed by atoms with Crippen molar-refractivity contribution in [3.63, 3.8) is 0 Å². The molecule has 0 radical (unpaired) electrons. The van der Waals surface area contributed by atoms with Crippen LogP contribution in [0.4, 0.5) is 0 Å². The van der Waals surface area contributed by atoms with Gasteiger partial charge in [0.05, 0.1) is 0 Å². The molecule has 0 fully saturated rings. The third kappa shape index (κ3) is 8.94. The van der Waals surface area contributed by atoms with E-state index in [0.29, 0.717) is 0 Å². The number of hydrogen-bond donors (Lipinski definition) is 0. The first-order valence-corrected chi connectivity index (χ1v) is 4.86. The Hall–Kier alpha value is 0.932. The Morgan fingerprint density at radius 2 is 1.06 bits per heavy atom. The van der Waals surface area contributed by atoms with Crippen molar-refractivity contribution in [2.75, 3.05) is 0 Å². The van der Waals surface area contributed by atoms with Gasteiger partial charge < -0.3 is 34.0 Å².